The summed E-state index contributed by atoms with van der Waals surface area (Å²) in [7, 11) is 0. The summed E-state index contributed by atoms with van der Waals surface area (Å²) >= 11 is 0. The van der Waals surface area contributed by atoms with E-state index in [0.29, 0.717) is 37.1 Å². The number of nitrogen functional groups attached to an aromatic ring is 1. The lowest BCUT2D eigenvalue weighted by molar-refractivity contribution is -0.137. The van der Waals surface area contributed by atoms with Gasteiger partial charge < -0.3 is 11.1 Å². The number of hydrogen-bond acceptors (Lipinski definition) is 4. The number of benzene rings is 2. The number of carbonyl (C=O) groups is 3. The van der Waals surface area contributed by atoms with E-state index >= 15 is 0 Å². The van der Waals surface area contributed by atoms with E-state index in [1.54, 1.807) is 6.08 Å². The van der Waals surface area contributed by atoms with Gasteiger partial charge in [-0.05, 0) is 42.7 Å². The fraction of sp³-hybridized carbons (Fsp3) is 0.292. The van der Waals surface area contributed by atoms with Gasteiger partial charge in [0.15, 0.2) is 0 Å². The molecule has 2 aromatic rings. The van der Waals surface area contributed by atoms with Crippen molar-refractivity contribution < 1.29 is 18.8 Å². The molecule has 0 atom stereocenters. The van der Waals surface area contributed by atoms with E-state index in [0.717, 1.165) is 24.5 Å². The summed E-state index contributed by atoms with van der Waals surface area (Å²) < 4.78 is 13.0. The van der Waals surface area contributed by atoms with Crippen LogP contribution in [0.1, 0.15) is 44.1 Å². The Morgan fingerprint density at radius 2 is 1.81 bits per heavy atom. The summed E-state index contributed by atoms with van der Waals surface area (Å²) in [5.74, 6) is -1.01. The number of hydrogen-bond donors (Lipinski definition) is 2. The predicted octanol–water partition coefficient (Wildman–Crippen LogP) is 4.14. The summed E-state index contributed by atoms with van der Waals surface area (Å²) in [6, 6.07) is 13.3. The largest absolute Gasteiger partial charge is 0.397 e. The molecular weight excluding hydrogens is 397 g/mol. The van der Waals surface area contributed by atoms with Crippen LogP contribution in [0.5, 0.6) is 0 Å². The maximum Gasteiger partial charge on any atom is 0.256 e. The molecule has 31 heavy (non-hydrogen) atoms. The highest BCUT2D eigenvalue weighted by atomic mass is 19.1. The van der Waals surface area contributed by atoms with Gasteiger partial charge in [0, 0.05) is 18.5 Å². The molecule has 1 aliphatic rings. The van der Waals surface area contributed by atoms with Gasteiger partial charge in [-0.15, -0.1) is 0 Å². The number of halogens is 1. The molecule has 0 aliphatic carbocycles. The molecule has 0 unspecified atom stereocenters. The molecule has 3 amide bonds. The van der Waals surface area contributed by atoms with Gasteiger partial charge in [0.2, 0.25) is 11.8 Å². The van der Waals surface area contributed by atoms with Crippen LogP contribution in [0, 0.1) is 5.82 Å². The Balaban J connectivity index is 1.36. The molecule has 3 rings (SSSR count). The lowest BCUT2D eigenvalue weighted by Crippen LogP contribution is -2.30. The summed E-state index contributed by atoms with van der Waals surface area (Å²) in [6.07, 6.45) is 5.21. The maximum atomic E-state index is 13.0. The van der Waals surface area contributed by atoms with E-state index in [1.807, 2.05) is 30.3 Å². The highest BCUT2D eigenvalue weighted by molar-refractivity contribution is 6.15. The smallest absolute Gasteiger partial charge is 0.256 e. The SMILES string of the molecule is Nc1cc(F)ccc1NC(=O)CCCCCCN1C(=O)C/C(=C\c2ccccc2)C1=O. The molecule has 1 heterocycles. The first-order valence-electron chi connectivity index (χ1n) is 10.4. The molecule has 0 radical (unpaired) electrons. The zero-order valence-electron chi connectivity index (χ0n) is 17.3. The van der Waals surface area contributed by atoms with Crippen LogP contribution in [-0.4, -0.2) is 29.2 Å². The molecule has 0 bridgehead atoms. The minimum absolute atomic E-state index is 0.139. The fourth-order valence-corrected chi connectivity index (χ4v) is 3.48. The van der Waals surface area contributed by atoms with Crippen LogP contribution in [-0.2, 0) is 14.4 Å². The standard InChI is InChI=1S/C24H26FN3O3/c25-19-11-12-21(20(26)16-19)27-22(29)10-6-1-2-7-13-28-23(30)15-18(24(28)31)14-17-8-4-3-5-9-17/h3-5,8-9,11-12,14,16H,1-2,6-7,10,13,15,26H2,(H,27,29)/b18-14+. The Hall–Kier alpha value is -3.48. The third kappa shape index (κ3) is 6.25. The molecule has 162 valence electrons. The zero-order chi connectivity index (χ0) is 22.2. The molecule has 0 saturated carbocycles. The number of carbonyl (C=O) groups excluding carboxylic acids is 3. The topological polar surface area (TPSA) is 92.5 Å². The van der Waals surface area contributed by atoms with Crippen molar-refractivity contribution in [2.75, 3.05) is 17.6 Å². The number of anilines is 2. The van der Waals surface area contributed by atoms with Crippen LogP contribution in [0.15, 0.2) is 54.1 Å². The molecule has 0 aromatic heterocycles. The summed E-state index contributed by atoms with van der Waals surface area (Å²) in [5.41, 5.74) is 7.69. The number of nitrogens with one attached hydrogen (secondary N) is 1. The molecule has 1 aliphatic heterocycles. The molecule has 3 N–H and O–H groups in total. The number of amides is 3. The van der Waals surface area contributed by atoms with Crippen LogP contribution in [0.3, 0.4) is 0 Å². The van der Waals surface area contributed by atoms with Crippen molar-refractivity contribution in [3.05, 3.63) is 65.5 Å². The van der Waals surface area contributed by atoms with E-state index < -0.39 is 5.82 Å². The molecule has 7 heteroatoms. The van der Waals surface area contributed by atoms with Crippen molar-refractivity contribution >= 4 is 35.2 Å². The maximum absolute atomic E-state index is 13.0. The number of unbranched alkanes of at least 4 members (excludes halogenated alkanes) is 3. The van der Waals surface area contributed by atoms with Crippen molar-refractivity contribution in [1.29, 1.82) is 0 Å². The first-order valence-corrected chi connectivity index (χ1v) is 10.4. The lowest BCUT2D eigenvalue weighted by Gasteiger charge is -2.13. The van der Waals surface area contributed by atoms with Crippen LogP contribution in [0.2, 0.25) is 0 Å². The van der Waals surface area contributed by atoms with Gasteiger partial charge in [0.05, 0.1) is 17.8 Å². The molecule has 2 aromatic carbocycles. The second kappa shape index (κ2) is 10.5. The Labute approximate surface area is 180 Å². The third-order valence-electron chi connectivity index (χ3n) is 5.13. The number of nitrogens with two attached hydrogens (primary N) is 1. The van der Waals surface area contributed by atoms with Crippen molar-refractivity contribution in [1.82, 2.24) is 4.90 Å². The van der Waals surface area contributed by atoms with Crippen LogP contribution in [0.4, 0.5) is 15.8 Å². The Bertz CT molecular complexity index is 989. The number of imide groups is 1. The lowest BCUT2D eigenvalue weighted by atomic mass is 10.1. The number of rotatable bonds is 9. The van der Waals surface area contributed by atoms with Gasteiger partial charge >= 0.3 is 0 Å². The van der Waals surface area contributed by atoms with Gasteiger partial charge in [-0.1, -0.05) is 43.2 Å². The molecule has 6 nitrogen and oxygen atoms in total. The first kappa shape index (κ1) is 22.2. The first-order chi connectivity index (χ1) is 14.9. The number of nitrogens with zero attached hydrogens (tertiary/aromatic N) is 1. The fourth-order valence-electron chi connectivity index (χ4n) is 3.48. The van der Waals surface area contributed by atoms with Crippen LogP contribution >= 0.6 is 0 Å². The zero-order valence-corrected chi connectivity index (χ0v) is 17.3. The van der Waals surface area contributed by atoms with Crippen molar-refractivity contribution in [3.8, 4) is 0 Å². The second-order valence-corrected chi connectivity index (χ2v) is 7.55. The van der Waals surface area contributed by atoms with Gasteiger partial charge in [0.1, 0.15) is 5.82 Å². The van der Waals surface area contributed by atoms with Gasteiger partial charge in [-0.25, -0.2) is 4.39 Å². The van der Waals surface area contributed by atoms with Crippen molar-refractivity contribution in [3.63, 3.8) is 0 Å². The van der Waals surface area contributed by atoms with E-state index in [4.69, 9.17) is 5.73 Å². The average molecular weight is 423 g/mol. The Morgan fingerprint density at radius 1 is 1.06 bits per heavy atom. The van der Waals surface area contributed by atoms with Gasteiger partial charge in [-0.3, -0.25) is 19.3 Å². The van der Waals surface area contributed by atoms with Crippen molar-refractivity contribution in [2.45, 2.75) is 38.5 Å². The van der Waals surface area contributed by atoms with Gasteiger partial charge in [0.25, 0.3) is 5.91 Å². The van der Waals surface area contributed by atoms with E-state index in [2.05, 4.69) is 5.32 Å². The minimum Gasteiger partial charge on any atom is -0.397 e. The van der Waals surface area contributed by atoms with Crippen LogP contribution in [0.25, 0.3) is 6.08 Å². The monoisotopic (exact) mass is 423 g/mol. The average Bonchev–Trinajstić information content (AvgIpc) is 3.00. The summed E-state index contributed by atoms with van der Waals surface area (Å²) in [5, 5.41) is 2.68. The normalized spacial score (nSPS) is 15.0. The molecule has 1 saturated heterocycles. The highest BCUT2D eigenvalue weighted by Gasteiger charge is 2.32. The van der Waals surface area contributed by atoms with Crippen molar-refractivity contribution in [2.24, 2.45) is 0 Å². The Morgan fingerprint density at radius 3 is 2.55 bits per heavy atom. The van der Waals surface area contributed by atoms with Crippen LogP contribution < -0.4 is 11.1 Å². The Kier molecular flexibility index (Phi) is 7.54. The number of likely N-dealkylation sites (tertiary alicyclic amines) is 1. The third-order valence-corrected chi connectivity index (χ3v) is 5.13. The molecule has 0 spiro atoms. The summed E-state index contributed by atoms with van der Waals surface area (Å²) in [4.78, 5) is 38.0. The highest BCUT2D eigenvalue weighted by Crippen LogP contribution is 2.22. The van der Waals surface area contributed by atoms with E-state index in [-0.39, 0.29) is 29.8 Å². The van der Waals surface area contributed by atoms with E-state index in [1.165, 1.54) is 17.0 Å². The second-order valence-electron chi connectivity index (χ2n) is 7.55. The molecular formula is C24H26FN3O3. The van der Waals surface area contributed by atoms with E-state index in [9.17, 15) is 18.8 Å². The quantitative estimate of drug-likeness (QED) is 0.274. The summed E-state index contributed by atoms with van der Waals surface area (Å²) in [6.45, 7) is 0.391. The van der Waals surface area contributed by atoms with Gasteiger partial charge in [-0.2, -0.15) is 0 Å². The predicted molar refractivity (Wildman–Crippen MR) is 118 cm³/mol. The minimum atomic E-state index is -0.451. The molecule has 1 fully saturated rings.